The van der Waals surface area contributed by atoms with Gasteiger partial charge in [-0.25, -0.2) is 13.2 Å². The van der Waals surface area contributed by atoms with Crippen molar-refractivity contribution in [2.45, 2.75) is 49.9 Å². The van der Waals surface area contributed by atoms with Gasteiger partial charge in [0.25, 0.3) is 0 Å². The first kappa shape index (κ1) is 33.7. The van der Waals surface area contributed by atoms with E-state index in [1.165, 1.54) is 12.1 Å². The molecule has 52 heavy (non-hydrogen) atoms. The van der Waals surface area contributed by atoms with Gasteiger partial charge in [0, 0.05) is 49.7 Å². The number of hydrogen-bond acceptors (Lipinski definition) is 11. The molecule has 5 aliphatic rings. The number of fused-ring (bicyclic) bond motifs is 2. The van der Waals surface area contributed by atoms with E-state index in [1.807, 2.05) is 15.9 Å². The molecule has 5 aliphatic heterocycles. The lowest BCUT2D eigenvalue weighted by atomic mass is 9.95. The van der Waals surface area contributed by atoms with Crippen molar-refractivity contribution in [3.8, 4) is 29.0 Å². The number of hydrogen-bond donors (Lipinski definition) is 1. The fourth-order valence-corrected chi connectivity index (χ4v) is 10.2. The van der Waals surface area contributed by atoms with Crippen LogP contribution in [0.4, 0.5) is 24.0 Å². The lowest BCUT2D eigenvalue weighted by molar-refractivity contribution is -0.134. The summed E-state index contributed by atoms with van der Waals surface area (Å²) in [4.78, 5) is 28.8. The van der Waals surface area contributed by atoms with E-state index in [0.29, 0.717) is 64.5 Å². The average molecular weight is 754 g/mol. The average Bonchev–Trinajstić information content (AvgIpc) is 3.96. The quantitative estimate of drug-likeness (QED) is 0.262. The molecule has 0 spiro atoms. The molecule has 4 saturated heterocycles. The third kappa shape index (κ3) is 5.24. The number of halogens is 4. The molecule has 4 fully saturated rings. The maximum atomic E-state index is 17.3. The molecule has 16 heteroatoms. The molecule has 0 saturated carbocycles. The summed E-state index contributed by atoms with van der Waals surface area (Å²) in [6.07, 6.45) is 2.37. The van der Waals surface area contributed by atoms with E-state index in [2.05, 4.69) is 9.88 Å². The zero-order valence-electron chi connectivity index (χ0n) is 28.1. The molecule has 7 heterocycles. The summed E-state index contributed by atoms with van der Waals surface area (Å²) < 4.78 is 65.2. The molecule has 4 aromatic rings. The number of ether oxygens (including phenoxy) is 3. The number of nitrogens with zero attached hydrogens (tertiary/aromatic N) is 6. The van der Waals surface area contributed by atoms with Gasteiger partial charge in [0.05, 0.1) is 45.3 Å². The van der Waals surface area contributed by atoms with Crippen LogP contribution in [0.5, 0.6) is 11.8 Å². The molecule has 11 nitrogen and oxygen atoms in total. The number of nitrogen functional groups attached to an aromatic ring is 1. The second-order valence-corrected chi connectivity index (χ2v) is 15.8. The minimum Gasteiger partial charge on any atom is -0.489 e. The van der Waals surface area contributed by atoms with Gasteiger partial charge in [-0.2, -0.15) is 15.2 Å². The highest BCUT2D eigenvalue weighted by Gasteiger charge is 2.49. The predicted octanol–water partition coefficient (Wildman–Crippen LogP) is 5.69. The second kappa shape index (κ2) is 12.8. The van der Waals surface area contributed by atoms with Crippen molar-refractivity contribution < 1.29 is 32.2 Å². The van der Waals surface area contributed by atoms with Gasteiger partial charge in [-0.3, -0.25) is 9.69 Å². The summed E-state index contributed by atoms with van der Waals surface area (Å²) in [6, 6.07) is 4.32. The molecule has 0 bridgehead atoms. The van der Waals surface area contributed by atoms with E-state index < -0.39 is 23.3 Å². The zero-order valence-corrected chi connectivity index (χ0v) is 29.7. The molecule has 2 aromatic heterocycles. The van der Waals surface area contributed by atoms with Crippen LogP contribution in [-0.2, 0) is 9.53 Å². The lowest BCUT2D eigenvalue weighted by Gasteiger charge is -2.32. The molecular weight excluding hydrogens is 719 g/mol. The van der Waals surface area contributed by atoms with Crippen LogP contribution in [0, 0.1) is 28.9 Å². The number of anilines is 2. The van der Waals surface area contributed by atoms with Gasteiger partial charge in [0.15, 0.2) is 11.6 Å². The molecule has 0 aliphatic carbocycles. The molecule has 0 radical (unpaired) electrons. The van der Waals surface area contributed by atoms with Crippen molar-refractivity contribution in [2.75, 3.05) is 69.8 Å². The Bertz CT molecular complexity index is 2180. The number of aromatic nitrogens is 2. The number of amides is 1. The highest BCUT2D eigenvalue weighted by Crippen LogP contribution is 2.51. The number of thiophene rings is 1. The fraction of sp³-hybridized carbons (Fsp3) is 0.500. The monoisotopic (exact) mass is 753 g/mol. The van der Waals surface area contributed by atoms with Crippen LogP contribution in [0.2, 0.25) is 5.02 Å². The molecule has 272 valence electrons. The smallest absolute Gasteiger partial charge is 0.319 e. The number of rotatable bonds is 6. The Morgan fingerprint density at radius 1 is 1.17 bits per heavy atom. The Labute approximate surface area is 306 Å². The number of alkyl halides is 1. The Kier molecular flexibility index (Phi) is 8.29. The number of carbonyl (C=O) groups is 1. The third-order valence-corrected chi connectivity index (χ3v) is 12.8. The van der Waals surface area contributed by atoms with Crippen molar-refractivity contribution >= 4 is 60.7 Å². The minimum absolute atomic E-state index is 0.0167. The Hall–Kier alpha value is -4.10. The van der Waals surface area contributed by atoms with E-state index in [9.17, 15) is 14.4 Å². The molecule has 1 amide bonds. The zero-order chi connectivity index (χ0) is 35.9. The highest BCUT2D eigenvalue weighted by atomic mass is 35.5. The SMILES string of the molecule is N#Cc1c(N)sc2c(F)ccc(-c3c(Cl)c4c5c(nc(OC[C@@]67CCCN6C[C@H](F)C7)nc5c3F)N(C3CCN(C(=O)[C@@H]5CCOC5)C3)CCO4)c12. The minimum atomic E-state index is -0.968. The predicted molar refractivity (Wildman–Crippen MR) is 190 cm³/mol. The maximum absolute atomic E-state index is 17.3. The van der Waals surface area contributed by atoms with Crippen LogP contribution in [0.15, 0.2) is 12.1 Å². The van der Waals surface area contributed by atoms with E-state index in [1.54, 1.807) is 0 Å². The topological polar surface area (TPSA) is 130 Å². The summed E-state index contributed by atoms with van der Waals surface area (Å²) >= 11 is 7.97. The number of nitriles is 1. The standard InChI is InChI=1S/C36H35ClF3N7O4S/c37-27-25(21-2-3-23(39)31-24(21)22(13-41)32(42)52-31)28(40)29-26-30(27)50-11-9-47(20-4-8-45(15-20)34(48)18-5-10-49-16-18)33(26)44-35(43-29)51-17-36-6-1-7-46(36)14-19(38)12-36/h2-3,18-20H,1,4-12,14-17,42H2/t18-,19-,20?,36+/m1/s1. The number of nitrogens with two attached hydrogens (primary N) is 1. The van der Waals surface area contributed by atoms with Crippen LogP contribution in [0.25, 0.3) is 32.1 Å². The molecule has 9 rings (SSSR count). The van der Waals surface area contributed by atoms with Crippen molar-refractivity contribution in [3.05, 3.63) is 34.4 Å². The van der Waals surface area contributed by atoms with Crippen LogP contribution >= 0.6 is 22.9 Å². The van der Waals surface area contributed by atoms with Crippen LogP contribution < -0.4 is 20.1 Å². The third-order valence-electron chi connectivity index (χ3n) is 11.4. The Balaban J connectivity index is 1.19. The van der Waals surface area contributed by atoms with Crippen molar-refractivity contribution in [1.29, 1.82) is 5.26 Å². The summed E-state index contributed by atoms with van der Waals surface area (Å²) in [5.74, 6) is -1.06. The van der Waals surface area contributed by atoms with E-state index in [4.69, 9.17) is 36.5 Å². The molecule has 1 unspecified atom stereocenters. The lowest BCUT2D eigenvalue weighted by Crippen LogP contribution is -2.44. The summed E-state index contributed by atoms with van der Waals surface area (Å²) in [5.41, 5.74) is 5.53. The van der Waals surface area contributed by atoms with Crippen LogP contribution in [-0.4, -0.2) is 103 Å². The fourth-order valence-electron chi connectivity index (χ4n) is 8.93. The van der Waals surface area contributed by atoms with Gasteiger partial charge in [-0.15, -0.1) is 11.3 Å². The van der Waals surface area contributed by atoms with Gasteiger partial charge in [-0.05, 0) is 43.9 Å². The normalized spacial score (nSPS) is 25.9. The van der Waals surface area contributed by atoms with Gasteiger partial charge in [0.1, 0.15) is 47.6 Å². The Morgan fingerprint density at radius 2 is 2.04 bits per heavy atom. The first-order chi connectivity index (χ1) is 25.2. The van der Waals surface area contributed by atoms with Gasteiger partial charge >= 0.3 is 6.01 Å². The van der Waals surface area contributed by atoms with Gasteiger partial charge < -0.3 is 29.7 Å². The van der Waals surface area contributed by atoms with E-state index in [-0.39, 0.29) is 90.5 Å². The summed E-state index contributed by atoms with van der Waals surface area (Å²) in [5, 5.41) is 10.4. The molecular formula is C36H35ClF3N7O4S. The first-order valence-electron chi connectivity index (χ1n) is 17.6. The number of carbonyl (C=O) groups excluding carboxylic acids is 1. The van der Waals surface area contributed by atoms with E-state index in [0.717, 1.165) is 30.7 Å². The van der Waals surface area contributed by atoms with Gasteiger partial charge in [-0.1, -0.05) is 17.7 Å². The van der Waals surface area contributed by atoms with Crippen molar-refractivity contribution in [1.82, 2.24) is 19.8 Å². The van der Waals surface area contributed by atoms with Crippen molar-refractivity contribution in [3.63, 3.8) is 0 Å². The second-order valence-electron chi connectivity index (χ2n) is 14.3. The largest absolute Gasteiger partial charge is 0.489 e. The summed E-state index contributed by atoms with van der Waals surface area (Å²) in [7, 11) is 0. The van der Waals surface area contributed by atoms with Gasteiger partial charge in [0.2, 0.25) is 5.91 Å². The van der Waals surface area contributed by atoms with Crippen molar-refractivity contribution in [2.24, 2.45) is 5.92 Å². The highest BCUT2D eigenvalue weighted by molar-refractivity contribution is 7.23. The molecule has 2 N–H and O–H groups in total. The maximum Gasteiger partial charge on any atom is 0.319 e. The van der Waals surface area contributed by atoms with E-state index >= 15 is 8.78 Å². The molecule has 4 atom stereocenters. The molecule has 2 aromatic carbocycles. The van der Waals surface area contributed by atoms with Crippen LogP contribution in [0.3, 0.4) is 0 Å². The number of likely N-dealkylation sites (tertiary alicyclic amines) is 1. The number of benzene rings is 2. The first-order valence-corrected chi connectivity index (χ1v) is 18.8. The summed E-state index contributed by atoms with van der Waals surface area (Å²) in [6.45, 7) is 3.68. The van der Waals surface area contributed by atoms with Crippen LogP contribution in [0.1, 0.15) is 37.7 Å². The Morgan fingerprint density at radius 3 is 2.85 bits per heavy atom.